The second-order valence-electron chi connectivity index (χ2n) is 15.8. The molecule has 4 aliphatic heterocycles. The smallest absolute Gasteiger partial charge is 0.330 e. The van der Waals surface area contributed by atoms with Gasteiger partial charge in [0.25, 0.3) is 0 Å². The summed E-state index contributed by atoms with van der Waals surface area (Å²) in [7, 11) is 1.22. The minimum atomic E-state index is -2.27. The highest BCUT2D eigenvalue weighted by Gasteiger charge is 2.57. The van der Waals surface area contributed by atoms with E-state index in [1.807, 2.05) is 0 Å². The molecule has 0 aromatic rings. The van der Waals surface area contributed by atoms with Crippen LogP contribution in [0, 0.1) is 5.41 Å². The number of methoxy groups -OCH3 is 1. The van der Waals surface area contributed by atoms with Gasteiger partial charge in [-0.05, 0) is 50.2 Å². The van der Waals surface area contributed by atoms with Gasteiger partial charge in [-0.25, -0.2) is 4.79 Å². The van der Waals surface area contributed by atoms with E-state index in [-0.39, 0.29) is 62.1 Å². The molecule has 0 amide bonds. The van der Waals surface area contributed by atoms with Gasteiger partial charge >= 0.3 is 17.9 Å². The van der Waals surface area contributed by atoms with E-state index in [1.165, 1.54) is 13.2 Å². The van der Waals surface area contributed by atoms with Crippen molar-refractivity contribution in [3.8, 4) is 0 Å². The average Bonchev–Trinajstić information content (AvgIpc) is 3.11. The molecule has 0 aromatic carbocycles. The quantitative estimate of drug-likeness (QED) is 0.0816. The Kier molecular flexibility index (Phi) is 17.2. The van der Waals surface area contributed by atoms with Crippen LogP contribution in [0.3, 0.4) is 0 Å². The number of hydrogen-bond acceptors (Lipinski definition) is 13. The Morgan fingerprint density at radius 2 is 1.69 bits per heavy atom. The topological polar surface area (TPSA) is 177 Å². The average molecular weight is 765 g/mol. The monoisotopic (exact) mass is 764 g/mol. The van der Waals surface area contributed by atoms with Crippen molar-refractivity contribution in [2.24, 2.45) is 5.41 Å². The van der Waals surface area contributed by atoms with Crippen molar-refractivity contribution in [2.45, 2.75) is 184 Å². The standard InChI is InChI=1S/C41H64O13/c1-6-8-9-10-11-16-35(44)53-39-27(20-36(45)48-5)19-33-25-34(26-42)50-37(46)22-28(43)21-30-14-12-15-31(49-30)24-32-23-29(13-7-2)51-38(52-32)17-18-40(3,4)41(39,47)54-33/h7,17-18,20,28-34,38-39,42-43,47H,2,6,8-16,19,21-26H2,1,3-5H3/b18-17+,27-20+/t28-,29+,30+,31?,32?,33+,34?,38?,39+,41-/m1/s1. The summed E-state index contributed by atoms with van der Waals surface area (Å²) in [5.74, 6) is -4.26. The summed E-state index contributed by atoms with van der Waals surface area (Å²) in [4.78, 5) is 39.1. The number of ether oxygens (including phenoxy) is 7. The van der Waals surface area contributed by atoms with Gasteiger partial charge in [-0.2, -0.15) is 0 Å². The lowest BCUT2D eigenvalue weighted by atomic mass is 9.74. The van der Waals surface area contributed by atoms with Crippen LogP contribution in [0.25, 0.3) is 0 Å². The number of esters is 3. The second kappa shape index (κ2) is 21.0. The molecular weight excluding hydrogens is 700 g/mol. The minimum absolute atomic E-state index is 0.0116. The van der Waals surface area contributed by atoms with Crippen molar-refractivity contribution in [2.75, 3.05) is 13.7 Å². The number of rotatable bonds is 11. The summed E-state index contributed by atoms with van der Waals surface area (Å²) >= 11 is 0. The third-order valence-corrected chi connectivity index (χ3v) is 10.9. The lowest BCUT2D eigenvalue weighted by molar-refractivity contribution is -0.327. The number of carbonyl (C=O) groups is 3. The molecule has 306 valence electrons. The van der Waals surface area contributed by atoms with Gasteiger partial charge in [-0.15, -0.1) is 6.58 Å². The zero-order chi connectivity index (χ0) is 39.3. The van der Waals surface area contributed by atoms with Gasteiger partial charge in [0.05, 0.1) is 56.8 Å². The van der Waals surface area contributed by atoms with Gasteiger partial charge in [0.1, 0.15) is 6.10 Å². The van der Waals surface area contributed by atoms with E-state index in [0.717, 1.165) is 44.9 Å². The second-order valence-corrected chi connectivity index (χ2v) is 15.8. The molecular formula is C41H64O13. The first-order valence-electron chi connectivity index (χ1n) is 19.9. The Morgan fingerprint density at radius 3 is 2.39 bits per heavy atom. The van der Waals surface area contributed by atoms with Gasteiger partial charge in [0.2, 0.25) is 5.79 Å². The summed E-state index contributed by atoms with van der Waals surface area (Å²) in [6.45, 7) is 8.86. The summed E-state index contributed by atoms with van der Waals surface area (Å²) in [5, 5.41) is 33.9. The van der Waals surface area contributed by atoms with Crippen LogP contribution in [-0.2, 0) is 47.5 Å². The first-order chi connectivity index (χ1) is 25.8. The summed E-state index contributed by atoms with van der Waals surface area (Å²) in [6.07, 6.45) is 9.26. The maximum absolute atomic E-state index is 13.4. The van der Waals surface area contributed by atoms with Gasteiger partial charge in [0, 0.05) is 43.6 Å². The molecule has 0 saturated carbocycles. The molecule has 13 nitrogen and oxygen atoms in total. The Morgan fingerprint density at radius 1 is 0.963 bits per heavy atom. The van der Waals surface area contributed by atoms with E-state index < -0.39 is 66.4 Å². The molecule has 3 fully saturated rings. The predicted molar refractivity (Wildman–Crippen MR) is 198 cm³/mol. The van der Waals surface area contributed by atoms with Crippen molar-refractivity contribution >= 4 is 17.9 Å². The molecule has 4 aliphatic rings. The van der Waals surface area contributed by atoms with Crippen LogP contribution in [-0.4, -0.2) is 108 Å². The normalized spacial score (nSPS) is 36.3. The van der Waals surface area contributed by atoms with Crippen LogP contribution in [0.5, 0.6) is 0 Å². The lowest BCUT2D eigenvalue weighted by Gasteiger charge is -2.51. The Hall–Kier alpha value is -2.65. The Bertz CT molecular complexity index is 1300. The minimum Gasteiger partial charge on any atom is -0.466 e. The van der Waals surface area contributed by atoms with Crippen molar-refractivity contribution in [3.63, 3.8) is 0 Å². The molecule has 6 bridgehead atoms. The number of aliphatic hydroxyl groups is 3. The van der Waals surface area contributed by atoms with Crippen molar-refractivity contribution in [3.05, 3.63) is 36.5 Å². The van der Waals surface area contributed by atoms with Crippen LogP contribution in [0.4, 0.5) is 0 Å². The third kappa shape index (κ3) is 12.7. The zero-order valence-electron chi connectivity index (χ0n) is 32.7. The summed E-state index contributed by atoms with van der Waals surface area (Å²) in [6, 6.07) is 0. The van der Waals surface area contributed by atoms with Crippen LogP contribution in [0.2, 0.25) is 0 Å². The van der Waals surface area contributed by atoms with Gasteiger partial charge < -0.3 is 48.5 Å². The molecule has 4 rings (SSSR count). The molecule has 0 radical (unpaired) electrons. The highest BCUT2D eigenvalue weighted by Crippen LogP contribution is 2.47. The van der Waals surface area contributed by atoms with Gasteiger partial charge in [-0.1, -0.05) is 58.6 Å². The number of carbonyl (C=O) groups excluding carboxylic acids is 3. The SMILES string of the molecule is C=CC[C@H]1CC2CC3CCC[C@@H](C[C@@H](O)CC(=O)OC(CO)C[C@@H]4C/C(=C\C(=O)OC)[C@H](OC(=O)CCCCCCC)[C@@](O)(O4)C(C)(C)/C=C/C(O2)O1)O3. The number of aliphatic hydroxyl groups excluding tert-OH is 2. The molecule has 4 heterocycles. The number of unbranched alkanes of at least 4 members (excludes halogenated alkanes) is 4. The van der Waals surface area contributed by atoms with Crippen LogP contribution in [0.1, 0.15) is 124 Å². The lowest BCUT2D eigenvalue weighted by Crippen LogP contribution is -2.62. The van der Waals surface area contributed by atoms with E-state index in [0.29, 0.717) is 25.7 Å². The maximum Gasteiger partial charge on any atom is 0.330 e. The molecule has 10 atom stereocenters. The number of fused-ring (bicyclic) bond motifs is 6. The van der Waals surface area contributed by atoms with E-state index in [1.54, 1.807) is 32.1 Å². The fourth-order valence-electron chi connectivity index (χ4n) is 7.89. The van der Waals surface area contributed by atoms with Crippen molar-refractivity contribution < 1.29 is 62.9 Å². The highest BCUT2D eigenvalue weighted by molar-refractivity contribution is 5.83. The molecule has 0 aliphatic carbocycles. The number of cyclic esters (lactones) is 1. The van der Waals surface area contributed by atoms with Crippen molar-refractivity contribution in [1.82, 2.24) is 0 Å². The first kappa shape index (κ1) is 44.1. The molecule has 3 saturated heterocycles. The zero-order valence-corrected chi connectivity index (χ0v) is 32.7. The summed E-state index contributed by atoms with van der Waals surface area (Å²) < 4.78 is 42.2. The molecule has 4 unspecified atom stereocenters. The largest absolute Gasteiger partial charge is 0.466 e. The van der Waals surface area contributed by atoms with Crippen molar-refractivity contribution in [1.29, 1.82) is 0 Å². The molecule has 13 heteroatoms. The third-order valence-electron chi connectivity index (χ3n) is 10.9. The van der Waals surface area contributed by atoms with E-state index in [9.17, 15) is 29.7 Å². The summed E-state index contributed by atoms with van der Waals surface area (Å²) in [5.41, 5.74) is -1.08. The fraction of sp³-hybridized carbons (Fsp3) is 0.780. The Balaban J connectivity index is 1.72. The molecule has 0 aromatic heterocycles. The fourth-order valence-corrected chi connectivity index (χ4v) is 7.89. The predicted octanol–water partition coefficient (Wildman–Crippen LogP) is 5.27. The Labute approximate surface area is 320 Å². The molecule has 3 N–H and O–H groups in total. The van der Waals surface area contributed by atoms with E-state index >= 15 is 0 Å². The first-order valence-corrected chi connectivity index (χ1v) is 19.9. The highest BCUT2D eigenvalue weighted by atomic mass is 16.7. The van der Waals surface area contributed by atoms with Crippen LogP contribution >= 0.6 is 0 Å². The van der Waals surface area contributed by atoms with Gasteiger partial charge in [-0.3, -0.25) is 9.59 Å². The molecule has 54 heavy (non-hydrogen) atoms. The maximum atomic E-state index is 13.4. The van der Waals surface area contributed by atoms with Crippen LogP contribution in [0.15, 0.2) is 36.5 Å². The van der Waals surface area contributed by atoms with E-state index in [4.69, 9.17) is 33.2 Å². The molecule has 0 spiro atoms. The van der Waals surface area contributed by atoms with E-state index in [2.05, 4.69) is 13.5 Å². The van der Waals surface area contributed by atoms with Gasteiger partial charge in [0.15, 0.2) is 12.4 Å². The van der Waals surface area contributed by atoms with Crippen LogP contribution < -0.4 is 0 Å². The number of hydrogen-bond donors (Lipinski definition) is 3.